The van der Waals surface area contributed by atoms with Crippen LogP contribution in [0.2, 0.25) is 0 Å². The molecular weight excluding hydrogens is 292 g/mol. The van der Waals surface area contributed by atoms with E-state index in [1.807, 2.05) is 19.9 Å². The van der Waals surface area contributed by atoms with Crippen molar-refractivity contribution in [1.82, 2.24) is 4.57 Å². The third kappa shape index (κ3) is 2.11. The highest BCUT2D eigenvalue weighted by atomic mass is 16.3. The van der Waals surface area contributed by atoms with Gasteiger partial charge in [0, 0.05) is 23.7 Å². The summed E-state index contributed by atoms with van der Waals surface area (Å²) in [6.45, 7) is 7.72. The average Bonchev–Trinajstić information content (AvgIpc) is 2.48. The van der Waals surface area contributed by atoms with Crippen molar-refractivity contribution < 1.29 is 9.90 Å². The first-order valence-corrected chi connectivity index (χ1v) is 7.54. The SMILES string of the molecule is C=c1cc(C)c2c(O)c3c(c(=O)c=2n1C)=NC(=O)C=C3CCC. The Hall–Kier alpha value is -2.69. The highest BCUT2D eigenvalue weighted by Gasteiger charge is 2.22. The lowest BCUT2D eigenvalue weighted by Gasteiger charge is -2.15. The maximum Gasteiger partial charge on any atom is 0.270 e. The standard InChI is InChI=1S/C18H18N2O3/c1-5-6-11-8-12(21)19-15-14(11)17(22)13-9(2)7-10(3)20(4)16(13)18(15)23/h7-8,22H,3,5-6H2,1-2,4H3. The lowest BCUT2D eigenvalue weighted by molar-refractivity contribution is -0.113. The Balaban J connectivity index is 2.68. The van der Waals surface area contributed by atoms with Gasteiger partial charge >= 0.3 is 0 Å². The second-order valence-corrected chi connectivity index (χ2v) is 5.87. The van der Waals surface area contributed by atoms with Crippen molar-refractivity contribution in [2.45, 2.75) is 26.7 Å². The van der Waals surface area contributed by atoms with Crippen LogP contribution in [0.25, 0.3) is 12.2 Å². The summed E-state index contributed by atoms with van der Waals surface area (Å²) in [4.78, 5) is 28.6. The van der Waals surface area contributed by atoms with E-state index in [9.17, 15) is 14.7 Å². The van der Waals surface area contributed by atoms with Crippen LogP contribution in [0.4, 0.5) is 0 Å². The van der Waals surface area contributed by atoms with Crippen LogP contribution in [0, 0.1) is 17.5 Å². The Morgan fingerprint density at radius 3 is 2.70 bits per heavy atom. The molecule has 2 heterocycles. The summed E-state index contributed by atoms with van der Waals surface area (Å²) < 4.78 is 1.63. The number of amides is 1. The number of hydrogen-bond donors (Lipinski definition) is 1. The van der Waals surface area contributed by atoms with E-state index in [1.165, 1.54) is 6.08 Å². The third-order valence-electron chi connectivity index (χ3n) is 4.28. The Morgan fingerprint density at radius 2 is 2.04 bits per heavy atom. The molecule has 2 aliphatic heterocycles. The molecule has 5 heteroatoms. The van der Waals surface area contributed by atoms with Crippen LogP contribution >= 0.6 is 0 Å². The summed E-state index contributed by atoms with van der Waals surface area (Å²) in [5.41, 5.74) is 1.48. The molecule has 0 aromatic heterocycles. The highest BCUT2D eigenvalue weighted by Crippen LogP contribution is 2.28. The predicted molar refractivity (Wildman–Crippen MR) is 87.6 cm³/mol. The maximum atomic E-state index is 12.9. The van der Waals surface area contributed by atoms with Crippen LogP contribution < -0.4 is 16.1 Å². The van der Waals surface area contributed by atoms with Crippen LogP contribution in [0.3, 0.4) is 0 Å². The summed E-state index contributed by atoms with van der Waals surface area (Å²) in [7, 11) is 1.71. The summed E-state index contributed by atoms with van der Waals surface area (Å²) in [6.07, 6.45) is 2.81. The molecule has 0 bridgehead atoms. The van der Waals surface area contributed by atoms with Crippen molar-refractivity contribution in [1.29, 1.82) is 0 Å². The van der Waals surface area contributed by atoms with E-state index >= 15 is 0 Å². The Kier molecular flexibility index (Phi) is 3.43. The lowest BCUT2D eigenvalue weighted by Crippen LogP contribution is -2.36. The van der Waals surface area contributed by atoms with E-state index in [0.717, 1.165) is 12.0 Å². The molecule has 3 aliphatic rings. The summed E-state index contributed by atoms with van der Waals surface area (Å²) in [5.74, 6) is -0.444. The first-order valence-electron chi connectivity index (χ1n) is 7.54. The normalized spacial score (nSPS) is 13.7. The molecule has 1 amide bonds. The molecule has 0 fully saturated rings. The van der Waals surface area contributed by atoms with Gasteiger partial charge in [-0.3, -0.25) is 9.59 Å². The van der Waals surface area contributed by atoms with Crippen LogP contribution in [-0.4, -0.2) is 15.6 Å². The molecule has 0 saturated heterocycles. The highest BCUT2D eigenvalue weighted by molar-refractivity contribution is 5.98. The lowest BCUT2D eigenvalue weighted by atomic mass is 9.95. The molecule has 0 unspecified atom stereocenters. The van der Waals surface area contributed by atoms with Gasteiger partial charge in [0.1, 0.15) is 16.5 Å². The van der Waals surface area contributed by atoms with Gasteiger partial charge < -0.3 is 9.67 Å². The predicted octanol–water partition coefficient (Wildman–Crippen LogP) is 0.878. The number of hydrogen-bond acceptors (Lipinski definition) is 3. The number of aromatic hydroxyl groups is 1. The Bertz CT molecular complexity index is 1110. The molecule has 0 aromatic carbocycles. The number of rotatable bonds is 2. The number of carbonyl (C=O) groups is 1. The van der Waals surface area contributed by atoms with Gasteiger partial charge in [-0.15, -0.1) is 0 Å². The maximum absolute atomic E-state index is 12.9. The quantitative estimate of drug-likeness (QED) is 0.895. The monoisotopic (exact) mass is 310 g/mol. The topological polar surface area (TPSA) is 71.7 Å². The number of allylic oxidation sites excluding steroid dienone is 1. The fourth-order valence-electron chi connectivity index (χ4n) is 3.19. The van der Waals surface area contributed by atoms with Crippen LogP contribution in [0.5, 0.6) is 5.75 Å². The molecule has 0 atom stereocenters. The van der Waals surface area contributed by atoms with Crippen molar-refractivity contribution in [3.8, 4) is 5.75 Å². The van der Waals surface area contributed by atoms with Crippen molar-refractivity contribution in [2.24, 2.45) is 12.0 Å². The second kappa shape index (κ2) is 5.19. The summed E-state index contributed by atoms with van der Waals surface area (Å²) in [5, 5.41) is 12.3. The molecule has 3 rings (SSSR count). The minimum absolute atomic E-state index is 0.0126. The molecule has 0 aromatic rings. The molecule has 23 heavy (non-hydrogen) atoms. The molecule has 1 aliphatic carbocycles. The fraction of sp³-hybridized carbons (Fsp3) is 0.278. The van der Waals surface area contributed by atoms with Crippen LogP contribution in [0.1, 0.15) is 30.9 Å². The van der Waals surface area contributed by atoms with E-state index in [0.29, 0.717) is 33.5 Å². The third-order valence-corrected chi connectivity index (χ3v) is 4.28. The van der Waals surface area contributed by atoms with E-state index in [2.05, 4.69) is 11.6 Å². The molecule has 1 N–H and O–H groups in total. The Morgan fingerprint density at radius 1 is 1.35 bits per heavy atom. The smallest absolute Gasteiger partial charge is 0.270 e. The van der Waals surface area contributed by atoms with E-state index in [1.54, 1.807) is 11.6 Å². The van der Waals surface area contributed by atoms with Gasteiger partial charge in [0.2, 0.25) is 5.43 Å². The number of nitrogens with zero attached hydrogens (tertiary/aromatic N) is 2. The minimum atomic E-state index is -0.457. The first-order chi connectivity index (χ1) is 10.9. The van der Waals surface area contributed by atoms with Crippen LogP contribution in [0.15, 0.2) is 21.9 Å². The van der Waals surface area contributed by atoms with Gasteiger partial charge in [0.25, 0.3) is 5.91 Å². The van der Waals surface area contributed by atoms with E-state index < -0.39 is 5.91 Å². The summed E-state index contributed by atoms with van der Waals surface area (Å²) in [6, 6.07) is 1.82. The number of aromatic nitrogens is 1. The zero-order valence-corrected chi connectivity index (χ0v) is 13.4. The molecule has 0 saturated carbocycles. The van der Waals surface area contributed by atoms with Gasteiger partial charge in [0.15, 0.2) is 0 Å². The molecule has 0 spiro atoms. The average molecular weight is 310 g/mol. The van der Waals surface area contributed by atoms with Gasteiger partial charge in [-0.1, -0.05) is 19.9 Å². The fourth-order valence-corrected chi connectivity index (χ4v) is 3.19. The van der Waals surface area contributed by atoms with Gasteiger partial charge in [-0.05, 0) is 30.5 Å². The van der Waals surface area contributed by atoms with Gasteiger partial charge in [-0.2, -0.15) is 0 Å². The molecular formula is C18H18N2O3. The molecule has 5 nitrogen and oxygen atoms in total. The second-order valence-electron chi connectivity index (χ2n) is 5.87. The van der Waals surface area contributed by atoms with Crippen molar-refractivity contribution >= 4 is 18.1 Å². The van der Waals surface area contributed by atoms with Crippen molar-refractivity contribution in [3.05, 3.63) is 54.8 Å². The molecule has 118 valence electrons. The zero-order chi connectivity index (χ0) is 16.9. The van der Waals surface area contributed by atoms with Gasteiger partial charge in [-0.25, -0.2) is 4.99 Å². The number of aryl methyl sites for hydroxylation is 1. The number of fused-ring (bicyclic) bond motifs is 1. The summed E-state index contributed by atoms with van der Waals surface area (Å²) >= 11 is 0. The van der Waals surface area contributed by atoms with Crippen molar-refractivity contribution in [3.63, 3.8) is 0 Å². The molecule has 0 radical (unpaired) electrons. The first kappa shape index (κ1) is 15.2. The Labute approximate surface area is 132 Å². The number of carbonyl (C=O) groups excluding carboxylic acids is 1. The minimum Gasteiger partial charge on any atom is -0.507 e. The largest absolute Gasteiger partial charge is 0.507 e. The zero-order valence-electron chi connectivity index (χ0n) is 13.4. The van der Waals surface area contributed by atoms with Gasteiger partial charge in [0.05, 0.1) is 5.56 Å². The van der Waals surface area contributed by atoms with Crippen LogP contribution in [-0.2, 0) is 11.8 Å². The van der Waals surface area contributed by atoms with Crippen molar-refractivity contribution in [2.75, 3.05) is 0 Å². The van der Waals surface area contributed by atoms with E-state index in [-0.39, 0.29) is 16.5 Å². The van der Waals surface area contributed by atoms with E-state index in [4.69, 9.17) is 0 Å².